The summed E-state index contributed by atoms with van der Waals surface area (Å²) in [6, 6.07) is 4.10. The molecule has 3 heterocycles. The Morgan fingerprint density at radius 2 is 1.02 bits per heavy atom. The van der Waals surface area contributed by atoms with E-state index < -0.39 is 159 Å². The van der Waals surface area contributed by atoms with Crippen molar-refractivity contribution < 1.29 is 29.1 Å². The number of aromatic nitrogens is 4. The molecule has 0 fully saturated rings. The summed E-state index contributed by atoms with van der Waals surface area (Å²) < 4.78 is 169. The molecule has 0 aliphatic carbocycles. The molecule has 0 saturated carbocycles. The van der Waals surface area contributed by atoms with Crippen molar-refractivity contribution >= 4 is 43.7 Å². The number of para-hydroxylation sites is 3. The molecular formula is C45H28N4O. The largest absolute Gasteiger partial charge is 0.453 e. The fourth-order valence-electron chi connectivity index (χ4n) is 5.91. The summed E-state index contributed by atoms with van der Waals surface area (Å²) in [5.41, 5.74) is -2.89. The average Bonchev–Trinajstić information content (AvgIpc) is 3.91. The van der Waals surface area contributed by atoms with E-state index >= 15 is 0 Å². The van der Waals surface area contributed by atoms with Gasteiger partial charge in [0.05, 0.1) is 41.4 Å². The highest BCUT2D eigenvalue weighted by Crippen LogP contribution is 2.41. The van der Waals surface area contributed by atoms with Crippen molar-refractivity contribution in [3.63, 3.8) is 0 Å². The zero-order chi connectivity index (χ0) is 48.7. The van der Waals surface area contributed by atoms with Crippen LogP contribution in [0, 0.1) is 0 Å². The molecule has 7 aromatic carbocycles. The Hall–Kier alpha value is -6.85. The van der Waals surface area contributed by atoms with Gasteiger partial charge in [0.2, 0.25) is 0 Å². The number of rotatable bonds is 5. The lowest BCUT2D eigenvalue weighted by atomic mass is 10.0. The van der Waals surface area contributed by atoms with Crippen LogP contribution in [0.2, 0.25) is 0 Å². The van der Waals surface area contributed by atoms with Crippen molar-refractivity contribution in [2.24, 2.45) is 0 Å². The summed E-state index contributed by atoms with van der Waals surface area (Å²) >= 11 is 0. The topological polar surface area (TPSA) is 56.7 Å². The highest BCUT2D eigenvalue weighted by molar-refractivity contribution is 6.14. The predicted octanol–water partition coefficient (Wildman–Crippen LogP) is 11.5. The van der Waals surface area contributed by atoms with Gasteiger partial charge in [-0.25, -0.2) is 15.0 Å². The van der Waals surface area contributed by atoms with E-state index in [1.807, 2.05) is 0 Å². The van der Waals surface area contributed by atoms with Gasteiger partial charge in [0, 0.05) is 43.8 Å². The van der Waals surface area contributed by atoms with Crippen molar-refractivity contribution in [3.8, 4) is 51.0 Å². The molecule has 0 saturated heterocycles. The number of nitrogens with zero attached hydrogens (tertiary/aromatic N) is 4. The summed E-state index contributed by atoms with van der Waals surface area (Å²) in [6.07, 6.45) is 0. The minimum Gasteiger partial charge on any atom is -0.453 e. The van der Waals surface area contributed by atoms with E-state index in [0.717, 1.165) is 4.57 Å². The highest BCUT2D eigenvalue weighted by Gasteiger charge is 2.20. The standard InChI is InChI=1S/C45H28N4O/c1-4-14-29(15-5-1)33-21-12-22-35-36-23-13-25-40(42(36)50-41(33)35)49-38-24-11-10-20-34(38)37-28-32(26-27-39(37)49)45-47-43(30-16-6-2-7-17-30)46-44(48-45)31-18-8-3-9-19-31/h1-28H/i1D,4D,5D,10D,11D,12D,13D,14D,15D,20D,21D,22D,23D,24D,25D,26D,27D,28D. The van der Waals surface area contributed by atoms with Gasteiger partial charge in [-0.05, 0) is 35.8 Å². The molecule has 0 N–H and O–H groups in total. The normalized spacial score (nSPS) is 16.6. The van der Waals surface area contributed by atoms with Gasteiger partial charge in [-0.1, -0.05) is 139 Å². The monoisotopic (exact) mass is 658 g/mol. The Balaban J connectivity index is 1.40. The molecule has 0 aliphatic heterocycles. The van der Waals surface area contributed by atoms with Crippen LogP contribution in [0.1, 0.15) is 24.7 Å². The van der Waals surface area contributed by atoms with Crippen LogP contribution in [0.25, 0.3) is 94.7 Å². The highest BCUT2D eigenvalue weighted by atomic mass is 16.3. The third-order valence-electron chi connectivity index (χ3n) is 8.15. The first-order chi connectivity index (χ1) is 32.3. The summed E-state index contributed by atoms with van der Waals surface area (Å²) in [5.74, 6) is 0.0766. The quantitative estimate of drug-likeness (QED) is 0.185. The number of fused-ring (bicyclic) bond motifs is 6. The maximum absolute atomic E-state index is 9.83. The van der Waals surface area contributed by atoms with E-state index in [-0.39, 0.29) is 33.8 Å². The van der Waals surface area contributed by atoms with Gasteiger partial charge in [0.1, 0.15) is 5.58 Å². The Labute approximate surface area is 313 Å². The van der Waals surface area contributed by atoms with Crippen molar-refractivity contribution in [3.05, 3.63) is 169 Å². The second-order valence-corrected chi connectivity index (χ2v) is 11.1. The third kappa shape index (κ3) is 4.52. The molecular weight excluding hydrogens is 613 g/mol. The second-order valence-electron chi connectivity index (χ2n) is 11.1. The fourth-order valence-corrected chi connectivity index (χ4v) is 5.91. The van der Waals surface area contributed by atoms with Gasteiger partial charge >= 0.3 is 0 Å². The molecule has 0 unspecified atom stereocenters. The predicted molar refractivity (Wildman–Crippen MR) is 203 cm³/mol. The second kappa shape index (κ2) is 11.4. The van der Waals surface area contributed by atoms with E-state index in [2.05, 4.69) is 15.0 Å². The SMILES string of the molecule is [2H]c1c([2H])c([2H])c(-c2c([2H])c([2H])c([2H])c3c2oc2c(-n4c5c([2H])c([2H])c([2H])c([2H])c5c5c([2H])c(-c6nc(-c7ccccc7)nc(-c7ccccc7)n6)c([2H])c([2H])c54)c([2H])c([2H])c([2H])c23)c([2H])c1[2H]. The minimum absolute atomic E-state index is 0.150. The Morgan fingerprint density at radius 3 is 1.74 bits per heavy atom. The third-order valence-corrected chi connectivity index (χ3v) is 8.15. The number of benzene rings is 7. The molecule has 0 aliphatic rings. The molecule has 3 aromatic heterocycles. The lowest BCUT2D eigenvalue weighted by Gasteiger charge is -2.10. The maximum atomic E-state index is 9.83. The first kappa shape index (κ1) is 15.6. The Kier molecular flexibility index (Phi) is 3.55. The van der Waals surface area contributed by atoms with Crippen molar-refractivity contribution in [1.82, 2.24) is 19.5 Å². The lowest BCUT2D eigenvalue weighted by Crippen LogP contribution is -2.00. The van der Waals surface area contributed by atoms with Gasteiger partial charge in [0.25, 0.3) is 0 Å². The summed E-state index contributed by atoms with van der Waals surface area (Å²) in [7, 11) is 0. The van der Waals surface area contributed by atoms with E-state index in [9.17, 15) is 8.22 Å². The van der Waals surface area contributed by atoms with Crippen molar-refractivity contribution in [2.45, 2.75) is 0 Å². The zero-order valence-corrected chi connectivity index (χ0v) is 25.5. The van der Waals surface area contributed by atoms with Crippen LogP contribution in [-0.2, 0) is 0 Å². The van der Waals surface area contributed by atoms with Gasteiger partial charge in [0.15, 0.2) is 23.1 Å². The molecule has 0 amide bonds. The fraction of sp³-hybridized carbons (Fsp3) is 0. The molecule has 5 nitrogen and oxygen atoms in total. The summed E-state index contributed by atoms with van der Waals surface area (Å²) in [4.78, 5) is 14.0. The van der Waals surface area contributed by atoms with E-state index in [1.165, 1.54) is 0 Å². The van der Waals surface area contributed by atoms with E-state index in [4.69, 9.17) is 20.9 Å². The van der Waals surface area contributed by atoms with Crippen LogP contribution in [0.5, 0.6) is 0 Å². The molecule has 234 valence electrons. The van der Waals surface area contributed by atoms with E-state index in [1.54, 1.807) is 60.7 Å². The van der Waals surface area contributed by atoms with Gasteiger partial charge < -0.3 is 8.98 Å². The van der Waals surface area contributed by atoms with Gasteiger partial charge in [-0.3, -0.25) is 0 Å². The van der Waals surface area contributed by atoms with Crippen LogP contribution in [0.15, 0.2) is 174 Å². The van der Waals surface area contributed by atoms with Gasteiger partial charge in [-0.15, -0.1) is 0 Å². The molecule has 0 radical (unpaired) electrons. The Bertz CT molecular complexity index is 3810. The van der Waals surface area contributed by atoms with Crippen LogP contribution >= 0.6 is 0 Å². The minimum atomic E-state index is -0.830. The maximum Gasteiger partial charge on any atom is 0.164 e. The molecule has 0 bridgehead atoms. The lowest BCUT2D eigenvalue weighted by molar-refractivity contribution is 0.667. The van der Waals surface area contributed by atoms with Crippen LogP contribution in [-0.4, -0.2) is 19.5 Å². The van der Waals surface area contributed by atoms with Crippen LogP contribution in [0.4, 0.5) is 0 Å². The number of hydrogen-bond acceptors (Lipinski definition) is 4. The van der Waals surface area contributed by atoms with Crippen molar-refractivity contribution in [1.29, 1.82) is 0 Å². The molecule has 0 atom stereocenters. The smallest absolute Gasteiger partial charge is 0.164 e. The van der Waals surface area contributed by atoms with Crippen LogP contribution < -0.4 is 0 Å². The summed E-state index contributed by atoms with van der Waals surface area (Å²) in [6.45, 7) is 0. The zero-order valence-electron chi connectivity index (χ0n) is 43.5. The first-order valence-corrected chi connectivity index (χ1v) is 15.2. The number of furan rings is 1. The average molecular weight is 659 g/mol. The van der Waals surface area contributed by atoms with Gasteiger partial charge in [-0.2, -0.15) is 0 Å². The molecule has 10 rings (SSSR count). The first-order valence-electron chi connectivity index (χ1n) is 24.2. The molecule has 5 heteroatoms. The molecule has 50 heavy (non-hydrogen) atoms. The molecule has 0 spiro atoms. The van der Waals surface area contributed by atoms with E-state index in [0.29, 0.717) is 11.1 Å². The molecule has 10 aromatic rings. The summed E-state index contributed by atoms with van der Waals surface area (Å²) in [5, 5.41) is -1.51. The Morgan fingerprint density at radius 1 is 0.440 bits per heavy atom. The number of hydrogen-bond donors (Lipinski definition) is 0. The van der Waals surface area contributed by atoms with Crippen molar-refractivity contribution in [2.75, 3.05) is 0 Å². The van der Waals surface area contributed by atoms with Crippen LogP contribution in [0.3, 0.4) is 0 Å².